The first-order valence-electron chi connectivity index (χ1n) is 9.84. The number of urea groups is 1. The molecule has 0 unspecified atom stereocenters. The number of nitrogens with zero attached hydrogens (tertiary/aromatic N) is 1. The minimum Gasteiger partial charge on any atom is -0.490 e. The zero-order valence-corrected chi connectivity index (χ0v) is 16.3. The number of aromatic nitrogens is 1. The van der Waals surface area contributed by atoms with E-state index >= 15 is 0 Å². The van der Waals surface area contributed by atoms with Crippen molar-refractivity contribution in [1.29, 1.82) is 0 Å². The van der Waals surface area contributed by atoms with E-state index in [1.54, 1.807) is 12.4 Å². The standard InChI is InChI=1S/C22H27N3O3/c1-22(2)18(14-19(22)28-16-6-4-3-5-7-16)25-21(26)24-17-10-13-27-20(17)15-8-11-23-12-9-15/h3-9,11-12,17-20H,10,13-14H2,1-2H3,(H2,24,25,26)/t17-,18+,19-,20+/m1/s1. The number of nitrogens with one attached hydrogen (secondary N) is 2. The summed E-state index contributed by atoms with van der Waals surface area (Å²) in [5.41, 5.74) is 0.905. The van der Waals surface area contributed by atoms with Crippen molar-refractivity contribution in [2.24, 2.45) is 5.41 Å². The SMILES string of the molecule is CC1(C)[C@@H](NC(=O)N[C@@H]2CCO[C@H]2c2ccncc2)C[C@H]1Oc1ccccc1. The van der Waals surface area contributed by atoms with Gasteiger partial charge < -0.3 is 20.1 Å². The van der Waals surface area contributed by atoms with E-state index in [1.165, 1.54) is 0 Å². The Morgan fingerprint density at radius 3 is 2.61 bits per heavy atom. The molecule has 2 aromatic rings. The highest BCUT2D eigenvalue weighted by atomic mass is 16.5. The normalized spacial score (nSPS) is 28.2. The molecule has 148 valence electrons. The van der Waals surface area contributed by atoms with Crippen LogP contribution in [-0.4, -0.2) is 35.8 Å². The minimum absolute atomic E-state index is 0.0399. The van der Waals surface area contributed by atoms with Gasteiger partial charge in [0.2, 0.25) is 0 Å². The number of carbonyl (C=O) groups is 1. The molecule has 1 saturated heterocycles. The summed E-state index contributed by atoms with van der Waals surface area (Å²) >= 11 is 0. The number of pyridine rings is 1. The summed E-state index contributed by atoms with van der Waals surface area (Å²) in [5.74, 6) is 0.867. The van der Waals surface area contributed by atoms with Crippen LogP contribution in [0.2, 0.25) is 0 Å². The van der Waals surface area contributed by atoms with Gasteiger partial charge in [-0.2, -0.15) is 0 Å². The van der Waals surface area contributed by atoms with E-state index in [2.05, 4.69) is 29.5 Å². The molecule has 6 nitrogen and oxygen atoms in total. The number of amides is 2. The van der Waals surface area contributed by atoms with Crippen molar-refractivity contribution in [3.63, 3.8) is 0 Å². The van der Waals surface area contributed by atoms with Crippen LogP contribution in [0.1, 0.15) is 38.4 Å². The Morgan fingerprint density at radius 2 is 1.89 bits per heavy atom. The van der Waals surface area contributed by atoms with Gasteiger partial charge in [-0.1, -0.05) is 32.0 Å². The van der Waals surface area contributed by atoms with Gasteiger partial charge >= 0.3 is 6.03 Å². The molecule has 1 saturated carbocycles. The van der Waals surface area contributed by atoms with E-state index in [1.807, 2.05) is 42.5 Å². The van der Waals surface area contributed by atoms with Crippen molar-refractivity contribution in [3.8, 4) is 5.75 Å². The number of rotatable bonds is 5. The second-order valence-electron chi connectivity index (χ2n) is 8.11. The topological polar surface area (TPSA) is 72.5 Å². The Kier molecular flexibility index (Phi) is 5.22. The van der Waals surface area contributed by atoms with Gasteiger partial charge in [-0.05, 0) is 36.2 Å². The summed E-state index contributed by atoms with van der Waals surface area (Å²) in [6.45, 7) is 4.90. The van der Waals surface area contributed by atoms with Crippen LogP contribution in [0.3, 0.4) is 0 Å². The van der Waals surface area contributed by atoms with Gasteiger partial charge in [0.05, 0.1) is 6.04 Å². The molecule has 1 aromatic heterocycles. The fraction of sp³-hybridized carbons (Fsp3) is 0.455. The third-order valence-electron chi connectivity index (χ3n) is 5.95. The molecule has 2 fully saturated rings. The first-order valence-corrected chi connectivity index (χ1v) is 9.84. The highest BCUT2D eigenvalue weighted by Gasteiger charge is 2.51. The predicted molar refractivity (Wildman–Crippen MR) is 106 cm³/mol. The second-order valence-corrected chi connectivity index (χ2v) is 8.11. The van der Waals surface area contributed by atoms with Crippen molar-refractivity contribution in [2.75, 3.05) is 6.61 Å². The monoisotopic (exact) mass is 381 g/mol. The molecule has 6 heteroatoms. The molecule has 1 aromatic carbocycles. The van der Waals surface area contributed by atoms with Gasteiger partial charge in [-0.3, -0.25) is 4.98 Å². The van der Waals surface area contributed by atoms with Gasteiger partial charge in [0.1, 0.15) is 18.0 Å². The molecular formula is C22H27N3O3. The maximum atomic E-state index is 12.6. The maximum Gasteiger partial charge on any atom is 0.315 e. The van der Waals surface area contributed by atoms with Crippen LogP contribution in [-0.2, 0) is 4.74 Å². The first kappa shape index (κ1) is 18.7. The fourth-order valence-corrected chi connectivity index (χ4v) is 3.98. The fourth-order valence-electron chi connectivity index (χ4n) is 3.98. The number of para-hydroxylation sites is 1. The van der Waals surface area contributed by atoms with Crippen molar-refractivity contribution < 1.29 is 14.3 Å². The second kappa shape index (κ2) is 7.80. The smallest absolute Gasteiger partial charge is 0.315 e. The van der Waals surface area contributed by atoms with Gasteiger partial charge in [0.25, 0.3) is 0 Å². The molecule has 4 atom stereocenters. The number of ether oxygens (including phenoxy) is 2. The molecule has 0 spiro atoms. The van der Waals surface area contributed by atoms with Crippen LogP contribution in [0.15, 0.2) is 54.9 Å². The lowest BCUT2D eigenvalue weighted by Crippen LogP contribution is -2.64. The van der Waals surface area contributed by atoms with E-state index in [0.29, 0.717) is 6.61 Å². The summed E-state index contributed by atoms with van der Waals surface area (Å²) < 4.78 is 11.9. The zero-order chi connectivity index (χ0) is 19.6. The van der Waals surface area contributed by atoms with Gasteiger partial charge in [-0.15, -0.1) is 0 Å². The van der Waals surface area contributed by atoms with Crippen LogP contribution in [0.5, 0.6) is 5.75 Å². The lowest BCUT2D eigenvalue weighted by molar-refractivity contribution is -0.0502. The number of benzene rings is 1. The third kappa shape index (κ3) is 3.83. The number of carbonyl (C=O) groups excluding carboxylic acids is 1. The van der Waals surface area contributed by atoms with Crippen LogP contribution >= 0.6 is 0 Å². The summed E-state index contributed by atoms with van der Waals surface area (Å²) in [7, 11) is 0. The van der Waals surface area contributed by atoms with E-state index in [-0.39, 0.29) is 35.7 Å². The lowest BCUT2D eigenvalue weighted by atomic mass is 9.64. The molecule has 28 heavy (non-hydrogen) atoms. The van der Waals surface area contributed by atoms with Crippen molar-refractivity contribution in [3.05, 3.63) is 60.4 Å². The zero-order valence-electron chi connectivity index (χ0n) is 16.3. The van der Waals surface area contributed by atoms with Gasteiger partial charge in [0, 0.05) is 36.9 Å². The predicted octanol–water partition coefficient (Wildman–Crippen LogP) is 3.46. The molecule has 0 radical (unpaired) electrons. The van der Waals surface area contributed by atoms with E-state index in [4.69, 9.17) is 9.47 Å². The summed E-state index contributed by atoms with van der Waals surface area (Å²) in [5, 5.41) is 6.22. The summed E-state index contributed by atoms with van der Waals surface area (Å²) in [4.78, 5) is 16.6. The highest BCUT2D eigenvalue weighted by molar-refractivity contribution is 5.75. The number of hydrogen-bond acceptors (Lipinski definition) is 4. The molecule has 4 rings (SSSR count). The van der Waals surface area contributed by atoms with E-state index in [0.717, 1.165) is 24.2 Å². The molecule has 1 aliphatic carbocycles. The quantitative estimate of drug-likeness (QED) is 0.832. The lowest BCUT2D eigenvalue weighted by Gasteiger charge is -2.51. The average molecular weight is 381 g/mol. The molecule has 2 N–H and O–H groups in total. The average Bonchev–Trinajstić information content (AvgIpc) is 3.16. The third-order valence-corrected chi connectivity index (χ3v) is 5.95. The van der Waals surface area contributed by atoms with Crippen molar-refractivity contribution >= 4 is 6.03 Å². The van der Waals surface area contributed by atoms with Crippen LogP contribution < -0.4 is 15.4 Å². The molecule has 2 amide bonds. The Morgan fingerprint density at radius 1 is 1.14 bits per heavy atom. The maximum absolute atomic E-state index is 12.6. The van der Waals surface area contributed by atoms with E-state index < -0.39 is 0 Å². The molecule has 2 heterocycles. The first-order chi connectivity index (χ1) is 13.5. The highest BCUT2D eigenvalue weighted by Crippen LogP contribution is 2.43. The van der Waals surface area contributed by atoms with Crippen LogP contribution in [0.4, 0.5) is 4.79 Å². The van der Waals surface area contributed by atoms with Crippen LogP contribution in [0, 0.1) is 5.41 Å². The van der Waals surface area contributed by atoms with Crippen LogP contribution in [0.25, 0.3) is 0 Å². The Balaban J connectivity index is 1.31. The molecular weight excluding hydrogens is 354 g/mol. The Hall–Kier alpha value is -2.60. The minimum atomic E-state index is -0.147. The van der Waals surface area contributed by atoms with Gasteiger partial charge in [-0.25, -0.2) is 4.79 Å². The summed E-state index contributed by atoms with van der Waals surface area (Å²) in [6.07, 6.45) is 5.05. The van der Waals surface area contributed by atoms with Crippen molar-refractivity contribution in [1.82, 2.24) is 15.6 Å². The molecule has 1 aliphatic heterocycles. The number of hydrogen-bond donors (Lipinski definition) is 2. The largest absolute Gasteiger partial charge is 0.490 e. The molecule has 2 aliphatic rings. The van der Waals surface area contributed by atoms with E-state index in [9.17, 15) is 4.79 Å². The Bertz CT molecular complexity index is 797. The van der Waals surface area contributed by atoms with Crippen molar-refractivity contribution in [2.45, 2.75) is 51.0 Å². The summed E-state index contributed by atoms with van der Waals surface area (Å²) in [6, 6.07) is 13.6. The Labute approximate surface area is 165 Å². The molecule has 0 bridgehead atoms. The van der Waals surface area contributed by atoms with Gasteiger partial charge in [0.15, 0.2) is 0 Å².